The largest absolute Gasteiger partial charge is 0.338 e. The zero-order chi connectivity index (χ0) is 17.6. The van der Waals surface area contributed by atoms with Crippen molar-refractivity contribution in [1.82, 2.24) is 15.1 Å². The number of rotatable bonds is 4. The number of piperazine rings is 1. The quantitative estimate of drug-likeness (QED) is 0.927. The van der Waals surface area contributed by atoms with Gasteiger partial charge in [-0.15, -0.1) is 0 Å². The Morgan fingerprint density at radius 3 is 2.04 bits per heavy atom. The Balaban J connectivity index is 1.80. The van der Waals surface area contributed by atoms with E-state index >= 15 is 0 Å². The van der Waals surface area contributed by atoms with Crippen LogP contribution in [0, 0.1) is 0 Å². The molecule has 1 aliphatic heterocycles. The summed E-state index contributed by atoms with van der Waals surface area (Å²) in [6.45, 7) is 3.06. The van der Waals surface area contributed by atoms with Crippen LogP contribution in [0.4, 0.5) is 0 Å². The summed E-state index contributed by atoms with van der Waals surface area (Å²) in [5.41, 5.74) is 1.35. The third kappa shape index (κ3) is 4.25. The second kappa shape index (κ2) is 7.94. The van der Waals surface area contributed by atoms with Crippen molar-refractivity contribution >= 4 is 11.8 Å². The third-order valence-corrected chi connectivity index (χ3v) is 4.51. The number of nitrogens with zero attached hydrogens (tertiary/aromatic N) is 2. The summed E-state index contributed by atoms with van der Waals surface area (Å²) in [6.07, 6.45) is 0. The number of likely N-dealkylation sites (N-methyl/N-ethyl adjacent to an activating group) is 1. The average molecular weight is 337 g/mol. The SMILES string of the molecule is CN1CCN(C(=O)C(NC(=O)c2ccccc2)c2ccccc2)CC1. The van der Waals surface area contributed by atoms with Gasteiger partial charge < -0.3 is 15.1 Å². The maximum absolute atomic E-state index is 13.1. The molecule has 1 N–H and O–H groups in total. The summed E-state index contributed by atoms with van der Waals surface area (Å²) in [7, 11) is 2.05. The van der Waals surface area contributed by atoms with Gasteiger partial charge in [0.25, 0.3) is 5.91 Å². The van der Waals surface area contributed by atoms with E-state index in [-0.39, 0.29) is 11.8 Å². The molecule has 1 atom stereocenters. The number of nitrogens with one attached hydrogen (secondary N) is 1. The molecule has 5 heteroatoms. The Bertz CT molecular complexity index is 710. The van der Waals surface area contributed by atoms with Gasteiger partial charge in [0.1, 0.15) is 6.04 Å². The molecule has 1 unspecified atom stereocenters. The molecule has 0 radical (unpaired) electrons. The molecule has 2 aromatic carbocycles. The van der Waals surface area contributed by atoms with Gasteiger partial charge in [-0.2, -0.15) is 0 Å². The van der Waals surface area contributed by atoms with Crippen molar-refractivity contribution in [3.8, 4) is 0 Å². The highest BCUT2D eigenvalue weighted by Crippen LogP contribution is 2.18. The van der Waals surface area contributed by atoms with Gasteiger partial charge in [0.05, 0.1) is 0 Å². The lowest BCUT2D eigenvalue weighted by atomic mass is 10.0. The van der Waals surface area contributed by atoms with Crippen molar-refractivity contribution in [3.05, 3.63) is 71.8 Å². The standard InChI is InChI=1S/C20H23N3O2/c1-22-12-14-23(15-13-22)20(25)18(16-8-4-2-5-9-16)21-19(24)17-10-6-3-7-11-17/h2-11,18H,12-15H2,1H3,(H,21,24). The highest BCUT2D eigenvalue weighted by atomic mass is 16.2. The predicted molar refractivity (Wildman–Crippen MR) is 97.2 cm³/mol. The van der Waals surface area contributed by atoms with Crippen molar-refractivity contribution < 1.29 is 9.59 Å². The molecule has 1 heterocycles. The van der Waals surface area contributed by atoms with Gasteiger partial charge in [0.15, 0.2) is 0 Å². The summed E-state index contributed by atoms with van der Waals surface area (Å²) in [5.74, 6) is -0.291. The van der Waals surface area contributed by atoms with E-state index in [4.69, 9.17) is 0 Å². The van der Waals surface area contributed by atoms with Crippen LogP contribution in [0.2, 0.25) is 0 Å². The van der Waals surface area contributed by atoms with Crippen LogP contribution in [0.3, 0.4) is 0 Å². The molecule has 130 valence electrons. The Morgan fingerprint density at radius 2 is 1.44 bits per heavy atom. The summed E-state index contributed by atoms with van der Waals surface area (Å²) in [6, 6.07) is 17.7. The molecule has 1 aliphatic rings. The highest BCUT2D eigenvalue weighted by Gasteiger charge is 2.29. The molecule has 5 nitrogen and oxygen atoms in total. The van der Waals surface area contributed by atoms with Crippen LogP contribution in [-0.4, -0.2) is 54.8 Å². The predicted octanol–water partition coefficient (Wildman–Crippen LogP) is 1.93. The molecule has 0 saturated carbocycles. The Morgan fingerprint density at radius 1 is 0.880 bits per heavy atom. The fraction of sp³-hybridized carbons (Fsp3) is 0.300. The second-order valence-corrected chi connectivity index (χ2v) is 6.31. The van der Waals surface area contributed by atoms with E-state index in [1.807, 2.05) is 60.5 Å². The van der Waals surface area contributed by atoms with Crippen LogP contribution >= 0.6 is 0 Å². The monoisotopic (exact) mass is 337 g/mol. The summed E-state index contributed by atoms with van der Waals surface area (Å²) < 4.78 is 0. The average Bonchev–Trinajstić information content (AvgIpc) is 2.67. The van der Waals surface area contributed by atoms with Crippen molar-refractivity contribution in [2.75, 3.05) is 33.2 Å². The maximum Gasteiger partial charge on any atom is 0.252 e. The van der Waals surface area contributed by atoms with Crippen LogP contribution in [0.1, 0.15) is 22.0 Å². The van der Waals surface area contributed by atoms with Crippen molar-refractivity contribution in [3.63, 3.8) is 0 Å². The number of hydrogen-bond donors (Lipinski definition) is 1. The van der Waals surface area contributed by atoms with E-state index in [9.17, 15) is 9.59 Å². The minimum absolute atomic E-state index is 0.0522. The van der Waals surface area contributed by atoms with E-state index in [2.05, 4.69) is 10.2 Å². The minimum atomic E-state index is -0.669. The van der Waals surface area contributed by atoms with E-state index in [1.165, 1.54) is 0 Å². The van der Waals surface area contributed by atoms with Crippen molar-refractivity contribution in [1.29, 1.82) is 0 Å². The summed E-state index contributed by atoms with van der Waals surface area (Å²) in [5, 5.41) is 2.91. The number of amides is 2. The molecule has 2 aromatic rings. The lowest BCUT2D eigenvalue weighted by molar-refractivity contribution is -0.135. The van der Waals surface area contributed by atoms with Crippen molar-refractivity contribution in [2.24, 2.45) is 0 Å². The topological polar surface area (TPSA) is 52.6 Å². The number of carbonyl (C=O) groups excluding carboxylic acids is 2. The molecule has 0 spiro atoms. The Kier molecular flexibility index (Phi) is 5.46. The number of carbonyl (C=O) groups is 2. The smallest absolute Gasteiger partial charge is 0.252 e. The number of hydrogen-bond acceptors (Lipinski definition) is 3. The normalized spacial score (nSPS) is 16.3. The van der Waals surface area contributed by atoms with Gasteiger partial charge >= 0.3 is 0 Å². The molecule has 1 saturated heterocycles. The first-order chi connectivity index (χ1) is 12.1. The minimum Gasteiger partial charge on any atom is -0.338 e. The molecule has 2 amide bonds. The van der Waals surface area contributed by atoms with Crippen molar-refractivity contribution in [2.45, 2.75) is 6.04 Å². The fourth-order valence-electron chi connectivity index (χ4n) is 2.95. The van der Waals surface area contributed by atoms with Gasteiger partial charge in [-0.05, 0) is 24.7 Å². The van der Waals surface area contributed by atoms with Gasteiger partial charge in [-0.25, -0.2) is 0 Å². The zero-order valence-corrected chi connectivity index (χ0v) is 14.4. The highest BCUT2D eigenvalue weighted by molar-refractivity contribution is 5.97. The summed E-state index contributed by atoms with van der Waals surface area (Å²) in [4.78, 5) is 29.7. The van der Waals surface area contributed by atoms with E-state index in [1.54, 1.807) is 12.1 Å². The summed E-state index contributed by atoms with van der Waals surface area (Å²) >= 11 is 0. The van der Waals surface area contributed by atoms with E-state index < -0.39 is 6.04 Å². The molecular weight excluding hydrogens is 314 g/mol. The van der Waals surface area contributed by atoms with Crippen LogP contribution < -0.4 is 5.32 Å². The van der Waals surface area contributed by atoms with E-state index in [0.717, 1.165) is 18.7 Å². The third-order valence-electron chi connectivity index (χ3n) is 4.51. The van der Waals surface area contributed by atoms with Crippen LogP contribution in [-0.2, 0) is 4.79 Å². The molecule has 25 heavy (non-hydrogen) atoms. The lowest BCUT2D eigenvalue weighted by Gasteiger charge is -2.35. The van der Waals surface area contributed by atoms with Crippen LogP contribution in [0.15, 0.2) is 60.7 Å². The Hall–Kier alpha value is -2.66. The first-order valence-electron chi connectivity index (χ1n) is 8.53. The molecular formula is C20H23N3O2. The molecule has 0 aromatic heterocycles. The zero-order valence-electron chi connectivity index (χ0n) is 14.4. The van der Waals surface area contributed by atoms with Gasteiger partial charge in [-0.3, -0.25) is 9.59 Å². The van der Waals surface area contributed by atoms with Crippen LogP contribution in [0.25, 0.3) is 0 Å². The van der Waals surface area contributed by atoms with Gasteiger partial charge in [-0.1, -0.05) is 48.5 Å². The first-order valence-corrected chi connectivity index (χ1v) is 8.53. The second-order valence-electron chi connectivity index (χ2n) is 6.31. The Labute approximate surface area is 148 Å². The van der Waals surface area contributed by atoms with E-state index in [0.29, 0.717) is 18.7 Å². The number of benzene rings is 2. The molecule has 0 bridgehead atoms. The molecule has 1 fully saturated rings. The first kappa shape index (κ1) is 17.2. The molecule has 0 aliphatic carbocycles. The molecule has 3 rings (SSSR count). The van der Waals surface area contributed by atoms with Crippen LogP contribution in [0.5, 0.6) is 0 Å². The van der Waals surface area contributed by atoms with Gasteiger partial charge in [0, 0.05) is 31.7 Å². The lowest BCUT2D eigenvalue weighted by Crippen LogP contribution is -2.51. The van der Waals surface area contributed by atoms with Gasteiger partial charge in [0.2, 0.25) is 5.91 Å². The maximum atomic E-state index is 13.1. The fourth-order valence-corrected chi connectivity index (χ4v) is 2.95.